The van der Waals surface area contributed by atoms with Crippen molar-refractivity contribution in [2.24, 2.45) is 22.2 Å². The minimum absolute atomic E-state index is 0.00547. The molecule has 0 saturated heterocycles. The van der Waals surface area contributed by atoms with Crippen molar-refractivity contribution >= 4 is 47.0 Å². The van der Waals surface area contributed by atoms with E-state index in [1.165, 1.54) is 0 Å². The van der Waals surface area contributed by atoms with Crippen molar-refractivity contribution in [2.75, 3.05) is 6.54 Å². The molecule has 0 bridgehead atoms. The summed E-state index contributed by atoms with van der Waals surface area (Å²) in [6.45, 7) is 0.890. The maximum absolute atomic E-state index is 12.9. The van der Waals surface area contributed by atoms with Crippen LogP contribution >= 0.6 is 23.2 Å². The lowest BCUT2D eigenvalue weighted by Gasteiger charge is -2.19. The number of nitrogens with one attached hydrogen (secondary N) is 3. The highest BCUT2D eigenvalue weighted by molar-refractivity contribution is 6.35. The van der Waals surface area contributed by atoms with Crippen molar-refractivity contribution < 1.29 is 14.4 Å². The van der Waals surface area contributed by atoms with Gasteiger partial charge in [-0.25, -0.2) is 4.79 Å². The molecule has 2 aromatic carbocycles. The number of primary amides is 1. The number of carbonyl (C=O) groups excluding carboxylic acids is 3. The van der Waals surface area contributed by atoms with E-state index >= 15 is 0 Å². The largest absolute Gasteiger partial charge is 0.370 e. The molecule has 0 aliphatic carbocycles. The molecule has 0 aliphatic heterocycles. The summed E-state index contributed by atoms with van der Waals surface area (Å²) in [5.41, 5.74) is 18.1. The lowest BCUT2D eigenvalue weighted by Crippen LogP contribution is -2.47. The molecule has 35 heavy (non-hydrogen) atoms. The summed E-state index contributed by atoms with van der Waals surface area (Å²) in [6, 6.07) is 10.8. The van der Waals surface area contributed by atoms with Gasteiger partial charge < -0.3 is 33.2 Å². The van der Waals surface area contributed by atoms with Crippen LogP contribution in [-0.2, 0) is 29.1 Å². The van der Waals surface area contributed by atoms with Crippen molar-refractivity contribution in [1.82, 2.24) is 16.0 Å². The molecule has 0 heterocycles. The first-order valence-electron chi connectivity index (χ1n) is 10.8. The molecular weight excluding hydrogens is 493 g/mol. The molecule has 0 fully saturated rings. The summed E-state index contributed by atoms with van der Waals surface area (Å²) in [5.74, 6) is -0.742. The minimum atomic E-state index is -0.790. The number of hydrogen-bond acceptors (Lipinski definition) is 4. The predicted molar refractivity (Wildman–Crippen MR) is 137 cm³/mol. The van der Waals surface area contributed by atoms with Gasteiger partial charge in [-0.15, -0.1) is 0 Å². The summed E-state index contributed by atoms with van der Waals surface area (Å²) < 4.78 is 0. The minimum Gasteiger partial charge on any atom is -0.370 e. The van der Waals surface area contributed by atoms with E-state index in [1.807, 2.05) is 24.3 Å². The second-order valence-corrected chi connectivity index (χ2v) is 8.58. The van der Waals surface area contributed by atoms with E-state index in [0.29, 0.717) is 41.5 Å². The van der Waals surface area contributed by atoms with Crippen LogP contribution in [0.25, 0.3) is 0 Å². The van der Waals surface area contributed by atoms with E-state index in [2.05, 4.69) is 20.9 Å². The van der Waals surface area contributed by atoms with E-state index in [0.717, 1.165) is 11.1 Å². The lowest BCUT2D eigenvalue weighted by atomic mass is 10.1. The number of carbonyl (C=O) groups is 3. The summed E-state index contributed by atoms with van der Waals surface area (Å²) in [6.07, 6.45) is 0.814. The molecule has 2 aromatic rings. The van der Waals surface area contributed by atoms with Gasteiger partial charge in [-0.1, -0.05) is 53.5 Å². The number of urea groups is 1. The van der Waals surface area contributed by atoms with Crippen molar-refractivity contribution in [3.8, 4) is 0 Å². The van der Waals surface area contributed by atoms with Crippen LogP contribution < -0.4 is 33.2 Å². The van der Waals surface area contributed by atoms with Crippen molar-refractivity contribution in [3.05, 3.63) is 69.2 Å². The highest BCUT2D eigenvalue weighted by Gasteiger charge is 2.21. The SMILES string of the molecule is NC(=O)NCc1ccc(CNC(=O)[C@@H](CCCN=C(N)N)NC(=O)Cc2ccc(Cl)cc2Cl)cc1. The Labute approximate surface area is 213 Å². The summed E-state index contributed by atoms with van der Waals surface area (Å²) in [5, 5.41) is 8.94. The number of nitrogens with zero attached hydrogens (tertiary/aromatic N) is 1. The maximum Gasteiger partial charge on any atom is 0.312 e. The molecule has 0 unspecified atom stereocenters. The highest BCUT2D eigenvalue weighted by atomic mass is 35.5. The second kappa shape index (κ2) is 14.0. The number of halogens is 2. The van der Waals surface area contributed by atoms with Gasteiger partial charge in [0.15, 0.2) is 5.96 Å². The molecule has 188 valence electrons. The molecule has 9 N–H and O–H groups in total. The van der Waals surface area contributed by atoms with Crippen LogP contribution in [0, 0.1) is 0 Å². The maximum atomic E-state index is 12.9. The lowest BCUT2D eigenvalue weighted by molar-refractivity contribution is -0.129. The van der Waals surface area contributed by atoms with Gasteiger partial charge in [0.25, 0.3) is 0 Å². The van der Waals surface area contributed by atoms with Gasteiger partial charge in [-0.3, -0.25) is 14.6 Å². The first kappa shape index (κ1) is 27.7. The second-order valence-electron chi connectivity index (χ2n) is 7.73. The molecule has 10 nitrogen and oxygen atoms in total. The highest BCUT2D eigenvalue weighted by Crippen LogP contribution is 2.21. The Morgan fingerprint density at radius 2 is 1.54 bits per heavy atom. The van der Waals surface area contributed by atoms with Crippen molar-refractivity contribution in [3.63, 3.8) is 0 Å². The van der Waals surface area contributed by atoms with E-state index in [-0.39, 0.29) is 30.7 Å². The Morgan fingerprint density at radius 3 is 2.11 bits per heavy atom. The molecule has 0 saturated carbocycles. The number of nitrogens with two attached hydrogens (primary N) is 3. The normalized spacial score (nSPS) is 11.3. The number of rotatable bonds is 12. The van der Waals surface area contributed by atoms with Crippen LogP contribution in [0.15, 0.2) is 47.5 Å². The average molecular weight is 522 g/mol. The molecule has 12 heteroatoms. The Hall–Kier alpha value is -3.50. The van der Waals surface area contributed by atoms with Crippen LogP contribution in [-0.4, -0.2) is 36.4 Å². The summed E-state index contributed by atoms with van der Waals surface area (Å²) >= 11 is 12.1. The smallest absolute Gasteiger partial charge is 0.312 e. The number of amides is 4. The molecule has 0 spiro atoms. The number of benzene rings is 2. The Balaban J connectivity index is 1.97. The molecule has 2 rings (SSSR count). The van der Waals surface area contributed by atoms with Crippen LogP contribution in [0.4, 0.5) is 4.79 Å². The zero-order chi connectivity index (χ0) is 25.8. The van der Waals surface area contributed by atoms with Gasteiger partial charge in [-0.05, 0) is 41.7 Å². The fraction of sp³-hybridized carbons (Fsp3) is 0.304. The van der Waals surface area contributed by atoms with Gasteiger partial charge in [0.2, 0.25) is 11.8 Å². The van der Waals surface area contributed by atoms with E-state index in [9.17, 15) is 14.4 Å². The first-order valence-corrected chi connectivity index (χ1v) is 11.6. The Bertz CT molecular complexity index is 1060. The monoisotopic (exact) mass is 521 g/mol. The quantitative estimate of drug-likeness (QED) is 0.141. The standard InChI is InChI=1S/C23H29Cl2N7O3/c24-17-8-7-16(18(25)11-17)10-20(33)32-19(2-1-9-29-22(26)27)21(34)30-12-14-3-5-15(6-4-14)13-31-23(28)35/h3-8,11,19H,1-2,9-10,12-13H2,(H,30,34)(H,32,33)(H4,26,27,29)(H3,28,31,35)/t19-/m1/s1. The molecule has 0 radical (unpaired) electrons. The summed E-state index contributed by atoms with van der Waals surface area (Å²) in [7, 11) is 0. The van der Waals surface area contributed by atoms with E-state index < -0.39 is 12.1 Å². The van der Waals surface area contributed by atoms with Gasteiger partial charge >= 0.3 is 6.03 Å². The number of guanidine groups is 1. The molecular formula is C23H29Cl2N7O3. The Kier molecular flexibility index (Phi) is 11.1. The van der Waals surface area contributed by atoms with Crippen LogP contribution in [0.2, 0.25) is 10.0 Å². The molecule has 0 aromatic heterocycles. The van der Waals surface area contributed by atoms with E-state index in [4.69, 9.17) is 40.4 Å². The number of aliphatic imine (C=N–C) groups is 1. The van der Waals surface area contributed by atoms with E-state index in [1.54, 1.807) is 18.2 Å². The molecule has 1 atom stereocenters. The molecule has 0 aliphatic rings. The van der Waals surface area contributed by atoms with Gasteiger partial charge in [0.1, 0.15) is 6.04 Å². The topological polar surface area (TPSA) is 178 Å². The van der Waals surface area contributed by atoms with Gasteiger partial charge in [0.05, 0.1) is 6.42 Å². The van der Waals surface area contributed by atoms with Crippen molar-refractivity contribution in [1.29, 1.82) is 0 Å². The third kappa shape index (κ3) is 10.5. The summed E-state index contributed by atoms with van der Waals surface area (Å²) in [4.78, 5) is 40.2. The fourth-order valence-corrected chi connectivity index (χ4v) is 3.61. The van der Waals surface area contributed by atoms with Crippen LogP contribution in [0.1, 0.15) is 29.5 Å². The predicted octanol–water partition coefficient (Wildman–Crippen LogP) is 1.56. The molecule has 4 amide bonds. The fourth-order valence-electron chi connectivity index (χ4n) is 3.13. The van der Waals surface area contributed by atoms with Gasteiger partial charge in [-0.2, -0.15) is 0 Å². The van der Waals surface area contributed by atoms with Crippen LogP contribution in [0.5, 0.6) is 0 Å². The third-order valence-electron chi connectivity index (χ3n) is 4.92. The third-order valence-corrected chi connectivity index (χ3v) is 5.51. The van der Waals surface area contributed by atoms with Crippen molar-refractivity contribution in [2.45, 2.75) is 38.4 Å². The first-order chi connectivity index (χ1) is 16.6. The number of hydrogen-bond donors (Lipinski definition) is 6. The zero-order valence-electron chi connectivity index (χ0n) is 19.0. The zero-order valence-corrected chi connectivity index (χ0v) is 20.5. The van der Waals surface area contributed by atoms with Crippen LogP contribution in [0.3, 0.4) is 0 Å². The van der Waals surface area contributed by atoms with Gasteiger partial charge in [0, 0.05) is 29.7 Å². The Morgan fingerprint density at radius 1 is 0.914 bits per heavy atom. The average Bonchev–Trinajstić information content (AvgIpc) is 2.80.